The van der Waals surface area contributed by atoms with Crippen LogP contribution in [0.15, 0.2) is 76.8 Å². The summed E-state index contributed by atoms with van der Waals surface area (Å²) >= 11 is 12.1. The van der Waals surface area contributed by atoms with Crippen molar-refractivity contribution in [3.8, 4) is 17.2 Å². The summed E-state index contributed by atoms with van der Waals surface area (Å²) in [4.78, 5) is 54.8. The van der Waals surface area contributed by atoms with Gasteiger partial charge < -0.3 is 24.3 Å². The van der Waals surface area contributed by atoms with Crippen LogP contribution in [0.2, 0.25) is 5.02 Å². The Morgan fingerprint density at radius 1 is 0.945 bits per heavy atom. The summed E-state index contributed by atoms with van der Waals surface area (Å²) in [5, 5.41) is 4.03. The number of methoxy groups -OCH3 is 1. The number of esters is 1. The van der Waals surface area contributed by atoms with Crippen LogP contribution in [0.25, 0.3) is 6.08 Å². The minimum absolute atomic E-state index is 0.0773. The first-order valence-corrected chi connectivity index (χ1v) is 18.6. The van der Waals surface area contributed by atoms with Crippen molar-refractivity contribution in [1.29, 1.82) is 0 Å². The van der Waals surface area contributed by atoms with E-state index in [0.717, 1.165) is 35.6 Å². The first kappa shape index (κ1) is 41.3. The third-order valence-electron chi connectivity index (χ3n) is 9.48. The highest BCUT2D eigenvalue weighted by Crippen LogP contribution is 2.46. The van der Waals surface area contributed by atoms with Gasteiger partial charge in [-0.05, 0) is 98.2 Å². The SMILES string of the molecule is CCOC(=O)/C(Cl)=C/c1cc(N2C(=O)C3=C(CCCC3)C2=O)ccc1Cl.CON(C)C(=O)Nc1ccc(Oc2ccc3c(c2)OC(C)(OC)CC3(C)C)cc1. The van der Waals surface area contributed by atoms with Crippen LogP contribution in [0, 0.1) is 0 Å². The number of carbonyl (C=O) groups excluding carboxylic acids is 4. The van der Waals surface area contributed by atoms with Crippen molar-refractivity contribution in [2.45, 2.75) is 71.0 Å². The molecule has 6 rings (SSSR count). The number of amides is 4. The van der Waals surface area contributed by atoms with Gasteiger partial charge in [-0.15, -0.1) is 0 Å². The number of carbonyl (C=O) groups is 4. The van der Waals surface area contributed by atoms with Gasteiger partial charge in [-0.3, -0.25) is 14.4 Å². The fourth-order valence-corrected chi connectivity index (χ4v) is 7.01. The first-order valence-electron chi connectivity index (χ1n) is 17.8. The molecule has 3 aromatic carbocycles. The third-order valence-corrected chi connectivity index (χ3v) is 10.1. The molecule has 2 heterocycles. The molecule has 1 aliphatic carbocycles. The number of rotatable bonds is 9. The van der Waals surface area contributed by atoms with E-state index in [-0.39, 0.29) is 34.9 Å². The van der Waals surface area contributed by atoms with Gasteiger partial charge >= 0.3 is 12.0 Å². The fraction of sp³-hybridized carbons (Fsp3) is 0.366. The lowest BCUT2D eigenvalue weighted by Crippen LogP contribution is -2.45. The second-order valence-electron chi connectivity index (χ2n) is 13.9. The molecule has 14 heteroatoms. The number of benzene rings is 3. The highest BCUT2D eigenvalue weighted by atomic mass is 35.5. The highest BCUT2D eigenvalue weighted by Gasteiger charge is 2.42. The largest absolute Gasteiger partial charge is 0.462 e. The average molecular weight is 795 g/mol. The number of imide groups is 1. The zero-order valence-corrected chi connectivity index (χ0v) is 33.4. The van der Waals surface area contributed by atoms with E-state index >= 15 is 0 Å². The number of anilines is 2. The molecule has 0 saturated heterocycles. The lowest BCUT2D eigenvalue weighted by Gasteiger charge is -2.43. The molecule has 0 radical (unpaired) electrons. The fourth-order valence-electron chi connectivity index (χ4n) is 6.67. The van der Waals surface area contributed by atoms with Gasteiger partial charge in [0.15, 0.2) is 0 Å². The number of hydrogen-bond acceptors (Lipinski definition) is 9. The molecule has 292 valence electrons. The van der Waals surface area contributed by atoms with Crippen molar-refractivity contribution in [2.75, 3.05) is 38.1 Å². The van der Waals surface area contributed by atoms with Crippen LogP contribution in [0.5, 0.6) is 17.2 Å². The van der Waals surface area contributed by atoms with Crippen LogP contribution in [0.1, 0.15) is 70.9 Å². The Kier molecular flexibility index (Phi) is 13.0. The van der Waals surface area contributed by atoms with E-state index in [1.54, 1.807) is 56.5 Å². The number of hydroxylamine groups is 2. The number of ether oxygens (including phenoxy) is 4. The summed E-state index contributed by atoms with van der Waals surface area (Å²) in [7, 11) is 4.61. The summed E-state index contributed by atoms with van der Waals surface area (Å²) in [5.41, 5.74) is 3.73. The molecule has 4 amide bonds. The quantitative estimate of drug-likeness (QED) is 0.0975. The van der Waals surface area contributed by atoms with Gasteiger partial charge in [0, 0.05) is 61.0 Å². The van der Waals surface area contributed by atoms with Crippen LogP contribution in [0.3, 0.4) is 0 Å². The molecule has 0 fully saturated rings. The summed E-state index contributed by atoms with van der Waals surface area (Å²) in [6.45, 7) is 8.18. The molecule has 55 heavy (non-hydrogen) atoms. The van der Waals surface area contributed by atoms with Gasteiger partial charge in [0.05, 0.1) is 19.4 Å². The molecule has 0 aromatic heterocycles. The standard InChI is InChI=1S/C22H28N2O5.C19H17Cl2NO4/c1-21(2)14-22(3,26-5)29-19-13-17(11-12-18(19)21)28-16-9-7-15(8-10-16)23-20(25)24(4)27-6;1-2-26-19(25)16(21)10-11-9-12(7-8-15(11)20)22-17(23)13-5-3-4-6-14(13)18(22)24/h7-13H,14H2,1-6H3,(H,23,25);7-10H,2-6H2,1H3/b;16-10-. The second kappa shape index (κ2) is 17.3. The van der Waals surface area contributed by atoms with E-state index in [9.17, 15) is 19.2 Å². The molecule has 2 aliphatic heterocycles. The molecule has 3 aromatic rings. The molecule has 3 aliphatic rings. The van der Waals surface area contributed by atoms with Gasteiger partial charge in [-0.1, -0.05) is 43.1 Å². The highest BCUT2D eigenvalue weighted by molar-refractivity contribution is 6.43. The molecule has 12 nitrogen and oxygen atoms in total. The Morgan fingerprint density at radius 2 is 1.58 bits per heavy atom. The van der Waals surface area contributed by atoms with E-state index in [2.05, 4.69) is 19.2 Å². The van der Waals surface area contributed by atoms with Crippen molar-refractivity contribution in [3.05, 3.63) is 93.0 Å². The van der Waals surface area contributed by atoms with Gasteiger partial charge in [0.25, 0.3) is 11.8 Å². The number of fused-ring (bicyclic) bond motifs is 1. The molecule has 1 atom stereocenters. The Morgan fingerprint density at radius 3 is 2.18 bits per heavy atom. The minimum atomic E-state index is -0.676. The van der Waals surface area contributed by atoms with Crippen molar-refractivity contribution >= 4 is 64.5 Å². The number of urea groups is 1. The maximum atomic E-state index is 12.7. The molecule has 0 saturated carbocycles. The molecule has 1 unspecified atom stereocenters. The van der Waals surface area contributed by atoms with Crippen LogP contribution < -0.4 is 19.7 Å². The Bertz CT molecular complexity index is 2000. The zero-order chi connectivity index (χ0) is 40.1. The van der Waals surface area contributed by atoms with Gasteiger partial charge in [-0.2, -0.15) is 0 Å². The summed E-state index contributed by atoms with van der Waals surface area (Å²) in [5.74, 6) is 0.167. The average Bonchev–Trinajstić information content (AvgIpc) is 3.41. The van der Waals surface area contributed by atoms with Crippen molar-refractivity contribution in [1.82, 2.24) is 5.06 Å². The zero-order valence-electron chi connectivity index (χ0n) is 31.9. The smallest absolute Gasteiger partial charge is 0.349 e. The topological polar surface area (TPSA) is 133 Å². The van der Waals surface area contributed by atoms with E-state index < -0.39 is 11.8 Å². The van der Waals surface area contributed by atoms with Crippen molar-refractivity contribution in [3.63, 3.8) is 0 Å². The predicted octanol–water partition coefficient (Wildman–Crippen LogP) is 9.15. The summed E-state index contributed by atoms with van der Waals surface area (Å²) in [6.07, 6.45) is 5.21. The Hall–Kier alpha value is -4.88. The van der Waals surface area contributed by atoms with Crippen LogP contribution in [-0.2, 0) is 34.1 Å². The maximum absolute atomic E-state index is 12.7. The number of hydrogen-bond donors (Lipinski definition) is 1. The van der Waals surface area contributed by atoms with E-state index in [1.165, 1.54) is 25.1 Å². The monoisotopic (exact) mass is 793 g/mol. The first-order chi connectivity index (χ1) is 26.1. The summed E-state index contributed by atoms with van der Waals surface area (Å²) < 4.78 is 22.5. The second-order valence-corrected chi connectivity index (χ2v) is 14.7. The van der Waals surface area contributed by atoms with E-state index in [4.69, 9.17) is 47.0 Å². The molecule has 1 N–H and O–H groups in total. The normalized spacial score (nSPS) is 18.7. The van der Waals surface area contributed by atoms with Crippen LogP contribution >= 0.6 is 23.2 Å². The molecule has 0 bridgehead atoms. The van der Waals surface area contributed by atoms with Gasteiger partial charge in [-0.25, -0.2) is 19.6 Å². The lowest BCUT2D eigenvalue weighted by molar-refractivity contribution is -0.172. The van der Waals surface area contributed by atoms with E-state index in [1.807, 2.05) is 25.1 Å². The van der Waals surface area contributed by atoms with Gasteiger partial charge in [0.1, 0.15) is 22.3 Å². The molecular formula is C41H45Cl2N3O9. The van der Waals surface area contributed by atoms with Crippen LogP contribution in [-0.4, -0.2) is 62.5 Å². The van der Waals surface area contributed by atoms with Crippen molar-refractivity contribution < 1.29 is 43.0 Å². The molecular weight excluding hydrogens is 749 g/mol. The van der Waals surface area contributed by atoms with Crippen LogP contribution in [0.4, 0.5) is 16.2 Å². The predicted molar refractivity (Wildman–Crippen MR) is 210 cm³/mol. The Labute approximate surface area is 330 Å². The Balaban J connectivity index is 0.000000212. The number of halogens is 2. The third kappa shape index (κ3) is 9.50. The lowest BCUT2D eigenvalue weighted by atomic mass is 9.76. The van der Waals surface area contributed by atoms with Crippen molar-refractivity contribution in [2.24, 2.45) is 0 Å². The minimum Gasteiger partial charge on any atom is -0.462 e. The van der Waals surface area contributed by atoms with Gasteiger partial charge in [0.2, 0.25) is 5.79 Å². The van der Waals surface area contributed by atoms with E-state index in [0.29, 0.717) is 57.4 Å². The number of nitrogens with one attached hydrogen (secondary N) is 1. The molecule has 0 spiro atoms. The maximum Gasteiger partial charge on any atom is 0.349 e. The summed E-state index contributed by atoms with van der Waals surface area (Å²) in [6, 6.07) is 17.3. The number of nitrogens with zero attached hydrogens (tertiary/aromatic N) is 2.